The van der Waals surface area contributed by atoms with Crippen LogP contribution in [0.5, 0.6) is 0 Å². The van der Waals surface area contributed by atoms with Gasteiger partial charge in [-0.25, -0.2) is 0 Å². The molecule has 0 aromatic rings. The number of aliphatic hydroxyl groups excluding tert-OH is 1. The lowest BCUT2D eigenvalue weighted by Gasteiger charge is -2.72. The average molecular weight is 457 g/mol. The van der Waals surface area contributed by atoms with Crippen LogP contribution in [-0.4, -0.2) is 17.5 Å². The van der Waals surface area contributed by atoms with E-state index < -0.39 is 0 Å². The smallest absolute Gasteiger partial charge is 0.126 e. The number of carbonyl (C=O) groups is 1. The maximum Gasteiger partial charge on any atom is 0.126 e. The summed E-state index contributed by atoms with van der Waals surface area (Å²) in [6.45, 7) is 21.2. The first-order chi connectivity index (χ1) is 15.3. The molecule has 0 radical (unpaired) electrons. The Balaban J connectivity index is 1.64. The largest absolute Gasteiger partial charge is 0.393 e. The summed E-state index contributed by atoms with van der Waals surface area (Å²) >= 11 is 0. The molecule has 0 bridgehead atoms. The first-order valence-corrected chi connectivity index (χ1v) is 14.1. The Morgan fingerprint density at radius 3 is 2.27 bits per heavy atom. The molecule has 0 aromatic heterocycles. The lowest BCUT2D eigenvalue weighted by molar-refractivity contribution is -0.245. The lowest BCUT2D eigenvalue weighted by Crippen LogP contribution is -2.66. The fourth-order valence-electron chi connectivity index (χ4n) is 10.7. The summed E-state index contributed by atoms with van der Waals surface area (Å²) in [5.41, 5.74) is 2.09. The summed E-state index contributed by atoms with van der Waals surface area (Å²) < 4.78 is 0. The Morgan fingerprint density at radius 1 is 0.939 bits per heavy atom. The van der Waals surface area contributed by atoms with Crippen LogP contribution in [0.3, 0.4) is 0 Å². The van der Waals surface area contributed by atoms with Gasteiger partial charge < -0.3 is 9.90 Å². The number of carbonyl (C=O) groups excluding carboxylic acids is 1. The summed E-state index contributed by atoms with van der Waals surface area (Å²) in [5, 5.41) is 10.9. The van der Waals surface area contributed by atoms with Crippen molar-refractivity contribution < 1.29 is 9.90 Å². The SMILES string of the molecule is C=C(C)CCC[C@]1(C=O)CC[C@]2(C)C(CCC3[C@@]4(C)CC[C@H](O)C(C)(C)C4CC[C@]32C)C1C. The molecule has 1 N–H and O–H groups in total. The van der Waals surface area contributed by atoms with E-state index in [1.807, 2.05) is 0 Å². The Hall–Kier alpha value is -0.630. The van der Waals surface area contributed by atoms with Crippen LogP contribution in [0, 0.1) is 50.7 Å². The average Bonchev–Trinajstić information content (AvgIpc) is 2.74. The second-order valence-electron chi connectivity index (χ2n) is 14.5. The number of hydrogen-bond donors (Lipinski definition) is 1. The van der Waals surface area contributed by atoms with Gasteiger partial charge in [0.15, 0.2) is 0 Å². The molecule has 188 valence electrons. The molecule has 0 spiro atoms. The van der Waals surface area contributed by atoms with Crippen LogP contribution in [0.2, 0.25) is 0 Å². The molecule has 9 atom stereocenters. The highest BCUT2D eigenvalue weighted by Gasteiger charge is 2.68. The second kappa shape index (κ2) is 8.21. The highest BCUT2D eigenvalue weighted by Crippen LogP contribution is 2.75. The molecule has 4 unspecified atom stereocenters. The Kier molecular flexibility index (Phi) is 6.33. The van der Waals surface area contributed by atoms with Crippen molar-refractivity contribution >= 4 is 6.29 Å². The topological polar surface area (TPSA) is 37.3 Å². The van der Waals surface area contributed by atoms with Gasteiger partial charge in [-0.3, -0.25) is 0 Å². The van der Waals surface area contributed by atoms with Gasteiger partial charge in [-0.05, 0) is 123 Å². The molecule has 4 aliphatic carbocycles. The molecule has 0 aliphatic heterocycles. The number of hydrogen-bond acceptors (Lipinski definition) is 2. The van der Waals surface area contributed by atoms with Crippen molar-refractivity contribution in [3.63, 3.8) is 0 Å². The molecular formula is C31H52O2. The van der Waals surface area contributed by atoms with Crippen LogP contribution in [0.15, 0.2) is 12.2 Å². The van der Waals surface area contributed by atoms with Gasteiger partial charge in [-0.15, -0.1) is 6.58 Å². The van der Waals surface area contributed by atoms with Crippen molar-refractivity contribution in [3.8, 4) is 0 Å². The van der Waals surface area contributed by atoms with E-state index in [0.717, 1.165) is 38.0 Å². The van der Waals surface area contributed by atoms with Crippen LogP contribution in [0.1, 0.15) is 119 Å². The van der Waals surface area contributed by atoms with Crippen LogP contribution < -0.4 is 0 Å². The standard InChI is InChI=1S/C31H52O2/c1-21(2)10-9-15-31(20-32)19-18-29(7)23(22(31)3)11-12-25-28(6)16-14-26(33)27(4,5)24(28)13-17-30(25,29)8/h20,22-26,33H,1,9-19H2,2-8H3/t22?,23?,24?,25?,26-,28-,29+,30+,31+/m0/s1. The van der Waals surface area contributed by atoms with E-state index in [0.29, 0.717) is 34.0 Å². The van der Waals surface area contributed by atoms with Gasteiger partial charge in [0.2, 0.25) is 0 Å². The predicted molar refractivity (Wildman–Crippen MR) is 138 cm³/mol. The molecular weight excluding hydrogens is 404 g/mol. The van der Waals surface area contributed by atoms with Crippen molar-refractivity contribution in [2.24, 2.45) is 50.7 Å². The fourth-order valence-corrected chi connectivity index (χ4v) is 10.7. The second-order valence-corrected chi connectivity index (χ2v) is 14.5. The monoisotopic (exact) mass is 456 g/mol. The predicted octanol–water partition coefficient (Wildman–Crippen LogP) is 7.98. The highest BCUT2D eigenvalue weighted by atomic mass is 16.3. The van der Waals surface area contributed by atoms with Crippen LogP contribution in [-0.2, 0) is 4.79 Å². The summed E-state index contributed by atoms with van der Waals surface area (Å²) in [5.74, 6) is 2.46. The normalized spacial score (nSPS) is 51.1. The molecule has 0 saturated heterocycles. The quantitative estimate of drug-likeness (QED) is 0.336. The molecule has 0 heterocycles. The van der Waals surface area contributed by atoms with Crippen molar-refractivity contribution in [1.82, 2.24) is 0 Å². The van der Waals surface area contributed by atoms with E-state index in [2.05, 4.69) is 55.0 Å². The van der Waals surface area contributed by atoms with E-state index in [1.165, 1.54) is 50.4 Å². The molecule has 0 amide bonds. The number of aldehydes is 1. The van der Waals surface area contributed by atoms with Crippen LogP contribution in [0.25, 0.3) is 0 Å². The van der Waals surface area contributed by atoms with E-state index in [-0.39, 0.29) is 16.9 Å². The third-order valence-corrected chi connectivity index (χ3v) is 13.0. The van der Waals surface area contributed by atoms with Crippen molar-refractivity contribution in [2.75, 3.05) is 0 Å². The number of rotatable bonds is 5. The minimum absolute atomic E-state index is 0.0158. The number of allylic oxidation sites excluding steroid dienone is 1. The minimum Gasteiger partial charge on any atom is -0.393 e. The van der Waals surface area contributed by atoms with Gasteiger partial charge in [-0.1, -0.05) is 47.1 Å². The van der Waals surface area contributed by atoms with Gasteiger partial charge in [0.1, 0.15) is 6.29 Å². The molecule has 2 heteroatoms. The Labute approximate surface area is 204 Å². The maximum atomic E-state index is 12.6. The fraction of sp³-hybridized carbons (Fsp3) is 0.903. The van der Waals surface area contributed by atoms with E-state index in [1.54, 1.807) is 0 Å². The summed E-state index contributed by atoms with van der Waals surface area (Å²) in [6.07, 6.45) is 13.9. The zero-order chi connectivity index (χ0) is 24.4. The zero-order valence-electron chi connectivity index (χ0n) is 22.8. The van der Waals surface area contributed by atoms with Crippen molar-refractivity contribution in [1.29, 1.82) is 0 Å². The molecule has 4 saturated carbocycles. The molecule has 0 aromatic carbocycles. The van der Waals surface area contributed by atoms with Gasteiger partial charge in [0.05, 0.1) is 6.10 Å². The zero-order valence-corrected chi connectivity index (χ0v) is 22.8. The highest BCUT2D eigenvalue weighted by molar-refractivity contribution is 5.60. The molecule has 4 rings (SSSR count). The first kappa shape index (κ1) is 25.5. The molecule has 2 nitrogen and oxygen atoms in total. The van der Waals surface area contributed by atoms with E-state index in [4.69, 9.17) is 0 Å². The van der Waals surface area contributed by atoms with E-state index >= 15 is 0 Å². The first-order valence-electron chi connectivity index (χ1n) is 14.1. The Morgan fingerprint density at radius 2 is 1.64 bits per heavy atom. The van der Waals surface area contributed by atoms with Gasteiger partial charge in [0, 0.05) is 5.41 Å². The maximum absolute atomic E-state index is 12.6. The van der Waals surface area contributed by atoms with Crippen LogP contribution in [0.4, 0.5) is 0 Å². The Bertz CT molecular complexity index is 784. The third-order valence-electron chi connectivity index (χ3n) is 13.0. The van der Waals surface area contributed by atoms with E-state index in [9.17, 15) is 9.90 Å². The van der Waals surface area contributed by atoms with Gasteiger partial charge >= 0.3 is 0 Å². The van der Waals surface area contributed by atoms with Crippen molar-refractivity contribution in [2.45, 2.75) is 125 Å². The lowest BCUT2D eigenvalue weighted by atomic mass is 9.32. The molecule has 33 heavy (non-hydrogen) atoms. The van der Waals surface area contributed by atoms with Gasteiger partial charge in [-0.2, -0.15) is 0 Å². The molecule has 4 aliphatic rings. The summed E-state index contributed by atoms with van der Waals surface area (Å²) in [6, 6.07) is 0. The van der Waals surface area contributed by atoms with Crippen LogP contribution >= 0.6 is 0 Å². The van der Waals surface area contributed by atoms with Crippen molar-refractivity contribution in [3.05, 3.63) is 12.2 Å². The van der Waals surface area contributed by atoms with Gasteiger partial charge in [0.25, 0.3) is 0 Å². The molecule has 4 fully saturated rings. The summed E-state index contributed by atoms with van der Waals surface area (Å²) in [7, 11) is 0. The third kappa shape index (κ3) is 3.47. The number of aliphatic hydroxyl groups is 1. The number of fused-ring (bicyclic) bond motifs is 5. The minimum atomic E-state index is -0.158. The summed E-state index contributed by atoms with van der Waals surface area (Å²) in [4.78, 5) is 12.6.